The van der Waals surface area contributed by atoms with Gasteiger partial charge in [-0.2, -0.15) is 4.68 Å². The average molecular weight is 284 g/mol. The van der Waals surface area contributed by atoms with Crippen LogP contribution in [0.2, 0.25) is 0 Å². The topological polar surface area (TPSA) is 94.2 Å². The standard InChI is InChI=1S/C13H12N6O2/c1-8-5-3-4-6-9(8)15-12(20)10-11-16-17-18(2)13(21)19(11)7-14-10/h3-7H,1-2H3,(H,15,20). The molecule has 106 valence electrons. The minimum absolute atomic E-state index is 0.0588. The maximum atomic E-state index is 12.3. The Bertz CT molecular complexity index is 895. The van der Waals surface area contributed by atoms with Crippen molar-refractivity contribution in [3.8, 4) is 0 Å². The van der Waals surface area contributed by atoms with Gasteiger partial charge in [0.1, 0.15) is 6.33 Å². The quantitative estimate of drug-likeness (QED) is 0.734. The van der Waals surface area contributed by atoms with Crippen LogP contribution in [0.5, 0.6) is 0 Å². The van der Waals surface area contributed by atoms with Crippen molar-refractivity contribution in [3.05, 3.63) is 52.3 Å². The Hall–Kier alpha value is -3.03. The van der Waals surface area contributed by atoms with Crippen LogP contribution in [0, 0.1) is 6.92 Å². The van der Waals surface area contributed by atoms with Crippen molar-refractivity contribution in [3.63, 3.8) is 0 Å². The normalized spacial score (nSPS) is 10.8. The first-order chi connectivity index (χ1) is 10.1. The number of imidazole rings is 1. The van der Waals surface area contributed by atoms with E-state index in [4.69, 9.17) is 0 Å². The summed E-state index contributed by atoms with van der Waals surface area (Å²) >= 11 is 0. The van der Waals surface area contributed by atoms with E-state index in [9.17, 15) is 9.59 Å². The average Bonchev–Trinajstić information content (AvgIpc) is 2.90. The number of nitrogens with zero attached hydrogens (tertiary/aromatic N) is 5. The molecule has 0 saturated carbocycles. The molecule has 0 aliphatic carbocycles. The fourth-order valence-corrected chi connectivity index (χ4v) is 1.94. The van der Waals surface area contributed by atoms with Gasteiger partial charge in [0.05, 0.1) is 0 Å². The summed E-state index contributed by atoms with van der Waals surface area (Å²) < 4.78 is 2.25. The molecule has 0 bridgehead atoms. The van der Waals surface area contributed by atoms with Crippen LogP contribution in [0.15, 0.2) is 35.4 Å². The molecule has 0 aliphatic rings. The third-order valence-electron chi connectivity index (χ3n) is 3.11. The number of nitrogens with one attached hydrogen (secondary N) is 1. The van der Waals surface area contributed by atoms with E-state index in [1.54, 1.807) is 6.07 Å². The van der Waals surface area contributed by atoms with E-state index in [1.165, 1.54) is 17.8 Å². The van der Waals surface area contributed by atoms with Crippen LogP contribution in [0.4, 0.5) is 5.69 Å². The highest BCUT2D eigenvalue weighted by molar-refractivity contribution is 6.07. The number of aryl methyl sites for hydroxylation is 2. The summed E-state index contributed by atoms with van der Waals surface area (Å²) in [5, 5.41) is 10.2. The number of anilines is 1. The number of carbonyl (C=O) groups excluding carboxylic acids is 1. The number of carbonyl (C=O) groups is 1. The predicted molar refractivity (Wildman–Crippen MR) is 75.2 cm³/mol. The van der Waals surface area contributed by atoms with E-state index in [-0.39, 0.29) is 11.3 Å². The molecule has 2 aromatic heterocycles. The van der Waals surface area contributed by atoms with Crippen molar-refractivity contribution in [2.24, 2.45) is 7.05 Å². The number of hydrogen-bond acceptors (Lipinski definition) is 5. The number of hydrogen-bond donors (Lipinski definition) is 1. The molecule has 2 heterocycles. The second-order valence-electron chi connectivity index (χ2n) is 4.55. The van der Waals surface area contributed by atoms with Gasteiger partial charge in [0.2, 0.25) is 0 Å². The molecule has 0 fully saturated rings. The molecule has 8 nitrogen and oxygen atoms in total. The zero-order valence-electron chi connectivity index (χ0n) is 11.4. The van der Waals surface area contributed by atoms with Crippen molar-refractivity contribution in [1.82, 2.24) is 24.4 Å². The lowest BCUT2D eigenvalue weighted by atomic mass is 10.2. The van der Waals surface area contributed by atoms with Crippen LogP contribution in [0.3, 0.4) is 0 Å². The summed E-state index contributed by atoms with van der Waals surface area (Å²) in [5.74, 6) is -0.436. The minimum Gasteiger partial charge on any atom is -0.320 e. The first-order valence-electron chi connectivity index (χ1n) is 6.22. The van der Waals surface area contributed by atoms with Gasteiger partial charge >= 0.3 is 5.69 Å². The summed E-state index contributed by atoms with van der Waals surface area (Å²) in [6.45, 7) is 1.89. The maximum Gasteiger partial charge on any atom is 0.352 e. The largest absolute Gasteiger partial charge is 0.352 e. The summed E-state index contributed by atoms with van der Waals surface area (Å²) in [7, 11) is 1.47. The lowest BCUT2D eigenvalue weighted by molar-refractivity contribution is 0.102. The molecule has 0 radical (unpaired) electrons. The molecule has 1 N–H and O–H groups in total. The van der Waals surface area contributed by atoms with Crippen LogP contribution >= 0.6 is 0 Å². The van der Waals surface area contributed by atoms with Crippen molar-refractivity contribution in [1.29, 1.82) is 0 Å². The molecule has 3 rings (SSSR count). The lowest BCUT2D eigenvalue weighted by Gasteiger charge is -2.06. The Kier molecular flexibility index (Phi) is 2.98. The molecule has 0 saturated heterocycles. The Balaban J connectivity index is 2.01. The molecule has 3 aromatic rings. The summed E-state index contributed by atoms with van der Waals surface area (Å²) in [6, 6.07) is 7.38. The third-order valence-corrected chi connectivity index (χ3v) is 3.11. The van der Waals surface area contributed by atoms with Gasteiger partial charge in [-0.25, -0.2) is 14.2 Å². The van der Waals surface area contributed by atoms with Crippen LogP contribution in [-0.2, 0) is 7.05 Å². The van der Waals surface area contributed by atoms with Gasteiger partial charge in [-0.1, -0.05) is 23.4 Å². The fraction of sp³-hybridized carbons (Fsp3) is 0.154. The predicted octanol–water partition coefficient (Wildman–Crippen LogP) is 0.384. The smallest absolute Gasteiger partial charge is 0.320 e. The molecule has 0 spiro atoms. The molecule has 1 aromatic carbocycles. The third kappa shape index (κ3) is 2.16. The van der Waals surface area contributed by atoms with Crippen LogP contribution < -0.4 is 11.0 Å². The SMILES string of the molecule is Cc1ccccc1NC(=O)c1ncn2c(=O)n(C)nnc12. The highest BCUT2D eigenvalue weighted by Crippen LogP contribution is 2.15. The molecule has 0 unspecified atom stereocenters. The van der Waals surface area contributed by atoms with E-state index in [0.717, 1.165) is 10.2 Å². The fourth-order valence-electron chi connectivity index (χ4n) is 1.94. The Labute approximate surface area is 119 Å². The van der Waals surface area contributed by atoms with Crippen molar-refractivity contribution in [2.45, 2.75) is 6.92 Å². The second-order valence-corrected chi connectivity index (χ2v) is 4.55. The maximum absolute atomic E-state index is 12.3. The van der Waals surface area contributed by atoms with Crippen molar-refractivity contribution < 1.29 is 4.79 Å². The molecular weight excluding hydrogens is 272 g/mol. The second kappa shape index (κ2) is 4.82. The summed E-state index contributed by atoms with van der Waals surface area (Å²) in [4.78, 5) is 28.1. The first kappa shape index (κ1) is 13.0. The monoisotopic (exact) mass is 284 g/mol. The number of benzene rings is 1. The number of amides is 1. The van der Waals surface area contributed by atoms with Gasteiger partial charge in [-0.05, 0) is 18.6 Å². The zero-order valence-corrected chi connectivity index (χ0v) is 11.4. The molecule has 21 heavy (non-hydrogen) atoms. The van der Waals surface area contributed by atoms with Crippen LogP contribution in [0.25, 0.3) is 5.65 Å². The van der Waals surface area contributed by atoms with Crippen LogP contribution in [0.1, 0.15) is 16.1 Å². The zero-order chi connectivity index (χ0) is 15.0. The van der Waals surface area contributed by atoms with Gasteiger partial charge in [0.25, 0.3) is 5.91 Å². The van der Waals surface area contributed by atoms with Gasteiger partial charge in [-0.15, -0.1) is 5.10 Å². The van der Waals surface area contributed by atoms with E-state index in [2.05, 4.69) is 20.6 Å². The Morgan fingerprint density at radius 1 is 1.29 bits per heavy atom. The van der Waals surface area contributed by atoms with Crippen molar-refractivity contribution >= 4 is 17.2 Å². The highest BCUT2D eigenvalue weighted by Gasteiger charge is 2.17. The van der Waals surface area contributed by atoms with E-state index < -0.39 is 11.6 Å². The van der Waals surface area contributed by atoms with E-state index in [1.807, 2.05) is 25.1 Å². The lowest BCUT2D eigenvalue weighted by Crippen LogP contribution is -2.27. The van der Waals surface area contributed by atoms with E-state index in [0.29, 0.717) is 5.69 Å². The van der Waals surface area contributed by atoms with Gasteiger partial charge in [-0.3, -0.25) is 4.79 Å². The molecule has 0 aliphatic heterocycles. The molecule has 1 amide bonds. The number of fused-ring (bicyclic) bond motifs is 1. The molecular formula is C13H12N6O2. The Morgan fingerprint density at radius 3 is 2.81 bits per heavy atom. The Morgan fingerprint density at radius 2 is 2.05 bits per heavy atom. The summed E-state index contributed by atoms with van der Waals surface area (Å²) in [5.41, 5.74) is 1.38. The van der Waals surface area contributed by atoms with Gasteiger partial charge in [0, 0.05) is 12.7 Å². The highest BCUT2D eigenvalue weighted by atomic mass is 16.2. The van der Waals surface area contributed by atoms with Crippen LogP contribution in [-0.4, -0.2) is 30.3 Å². The number of rotatable bonds is 2. The van der Waals surface area contributed by atoms with Gasteiger partial charge < -0.3 is 5.32 Å². The number of aromatic nitrogens is 5. The van der Waals surface area contributed by atoms with Crippen molar-refractivity contribution in [2.75, 3.05) is 5.32 Å². The first-order valence-corrected chi connectivity index (χ1v) is 6.22. The molecule has 0 atom stereocenters. The molecule has 8 heteroatoms. The minimum atomic E-state index is -0.436. The van der Waals surface area contributed by atoms with Gasteiger partial charge in [0.15, 0.2) is 11.3 Å². The summed E-state index contributed by atoms with van der Waals surface area (Å²) in [6.07, 6.45) is 1.26. The van der Waals surface area contributed by atoms with E-state index >= 15 is 0 Å². The number of para-hydroxylation sites is 1.